The van der Waals surface area contributed by atoms with Gasteiger partial charge in [0.25, 0.3) is 5.91 Å². The Morgan fingerprint density at radius 2 is 1.96 bits per heavy atom. The molecule has 1 aromatic carbocycles. The zero-order valence-electron chi connectivity index (χ0n) is 12.3. The van der Waals surface area contributed by atoms with Crippen LogP contribution in [-0.2, 0) is 4.74 Å². The van der Waals surface area contributed by atoms with Crippen LogP contribution >= 0.6 is 22.9 Å². The van der Waals surface area contributed by atoms with Gasteiger partial charge in [0.1, 0.15) is 9.88 Å². The Labute approximate surface area is 143 Å². The number of anilines is 2. The summed E-state index contributed by atoms with van der Waals surface area (Å²) in [5.41, 5.74) is 8.99. The molecule has 3 N–H and O–H groups in total. The first-order valence-corrected chi connectivity index (χ1v) is 8.66. The van der Waals surface area contributed by atoms with E-state index in [4.69, 9.17) is 22.1 Å². The third-order valence-corrected chi connectivity index (χ3v) is 5.77. The lowest BCUT2D eigenvalue weighted by atomic mass is 10.0. The molecule has 0 spiro atoms. The number of morpholine rings is 1. The molecule has 0 radical (unpaired) electrons. The molecule has 1 amide bonds. The Kier molecular flexibility index (Phi) is 3.67. The van der Waals surface area contributed by atoms with E-state index in [1.54, 1.807) is 0 Å². The number of hydrogen-bond acceptors (Lipinski definition) is 5. The Hall–Kier alpha value is -1.76. The van der Waals surface area contributed by atoms with Gasteiger partial charge in [0, 0.05) is 23.7 Å². The molecule has 1 unspecified atom stereocenters. The van der Waals surface area contributed by atoms with Crippen LogP contribution in [-0.4, -0.2) is 32.2 Å². The fourth-order valence-corrected chi connectivity index (χ4v) is 4.42. The monoisotopic (exact) mass is 349 g/mol. The summed E-state index contributed by atoms with van der Waals surface area (Å²) < 4.78 is 5.39. The van der Waals surface area contributed by atoms with E-state index in [1.807, 2.05) is 24.3 Å². The van der Waals surface area contributed by atoms with Gasteiger partial charge in [-0.25, -0.2) is 0 Å². The normalized spacial score (nSPS) is 20.5. The lowest BCUT2D eigenvalue weighted by Gasteiger charge is -2.28. The minimum atomic E-state index is -0.208. The highest BCUT2D eigenvalue weighted by atomic mass is 35.5. The largest absolute Gasteiger partial charge is 0.396 e. The molecule has 1 aromatic heterocycles. The van der Waals surface area contributed by atoms with Gasteiger partial charge in [-0.1, -0.05) is 23.7 Å². The van der Waals surface area contributed by atoms with E-state index in [-0.39, 0.29) is 11.9 Å². The second-order valence-electron chi connectivity index (χ2n) is 5.62. The maximum atomic E-state index is 12.3. The van der Waals surface area contributed by atoms with E-state index in [0.29, 0.717) is 28.8 Å². The van der Waals surface area contributed by atoms with Gasteiger partial charge in [-0.05, 0) is 17.7 Å². The first-order chi connectivity index (χ1) is 11.1. The van der Waals surface area contributed by atoms with Gasteiger partial charge < -0.3 is 20.7 Å². The number of thiophene rings is 1. The number of benzene rings is 1. The zero-order valence-corrected chi connectivity index (χ0v) is 13.9. The molecule has 1 atom stereocenters. The molecule has 0 bridgehead atoms. The van der Waals surface area contributed by atoms with Gasteiger partial charge in [-0.15, -0.1) is 11.3 Å². The van der Waals surface area contributed by atoms with Crippen molar-refractivity contribution in [3.63, 3.8) is 0 Å². The van der Waals surface area contributed by atoms with E-state index in [1.165, 1.54) is 11.3 Å². The highest BCUT2D eigenvalue weighted by Gasteiger charge is 2.36. The Balaban J connectivity index is 1.74. The quantitative estimate of drug-likeness (QED) is 0.874. The van der Waals surface area contributed by atoms with Gasteiger partial charge in [-0.2, -0.15) is 0 Å². The molecule has 2 aliphatic rings. The first-order valence-electron chi connectivity index (χ1n) is 7.46. The molecule has 7 heteroatoms. The van der Waals surface area contributed by atoms with E-state index in [0.717, 1.165) is 29.2 Å². The lowest BCUT2D eigenvalue weighted by molar-refractivity contribution is 0.0964. The van der Waals surface area contributed by atoms with Crippen LogP contribution in [0.25, 0.3) is 0 Å². The molecule has 4 rings (SSSR count). The summed E-state index contributed by atoms with van der Waals surface area (Å²) in [5, 5.41) is 4.66. The third-order valence-electron chi connectivity index (χ3n) is 4.24. The lowest BCUT2D eigenvalue weighted by Crippen LogP contribution is -2.36. The van der Waals surface area contributed by atoms with Crippen molar-refractivity contribution in [1.29, 1.82) is 0 Å². The van der Waals surface area contributed by atoms with Crippen LogP contribution in [0.5, 0.6) is 0 Å². The van der Waals surface area contributed by atoms with Crippen molar-refractivity contribution in [1.82, 2.24) is 5.32 Å². The molecule has 3 heterocycles. The summed E-state index contributed by atoms with van der Waals surface area (Å²) in [6.07, 6.45) is 0. The summed E-state index contributed by atoms with van der Waals surface area (Å²) in [4.78, 5) is 15.3. The fourth-order valence-electron chi connectivity index (χ4n) is 3.07. The minimum absolute atomic E-state index is 0.0591. The third kappa shape index (κ3) is 2.47. The van der Waals surface area contributed by atoms with Gasteiger partial charge in [-0.3, -0.25) is 4.79 Å². The predicted molar refractivity (Wildman–Crippen MR) is 92.5 cm³/mol. The van der Waals surface area contributed by atoms with Crippen LogP contribution in [0.4, 0.5) is 10.7 Å². The summed E-state index contributed by atoms with van der Waals surface area (Å²) in [6, 6.07) is 7.29. The van der Waals surface area contributed by atoms with Crippen LogP contribution in [0.1, 0.15) is 26.8 Å². The van der Waals surface area contributed by atoms with Crippen molar-refractivity contribution < 1.29 is 9.53 Å². The van der Waals surface area contributed by atoms with Crippen molar-refractivity contribution in [2.24, 2.45) is 0 Å². The number of nitrogen functional groups attached to an aromatic ring is 1. The number of amides is 1. The van der Waals surface area contributed by atoms with Crippen molar-refractivity contribution in [3.05, 3.63) is 45.3 Å². The topological polar surface area (TPSA) is 67.6 Å². The first kappa shape index (κ1) is 14.8. The number of nitrogens with zero attached hydrogens (tertiary/aromatic N) is 1. The number of carbonyl (C=O) groups excluding carboxylic acids is 1. The van der Waals surface area contributed by atoms with Gasteiger partial charge in [0.2, 0.25) is 0 Å². The number of nitrogens with one attached hydrogen (secondary N) is 1. The molecular weight excluding hydrogens is 334 g/mol. The number of ether oxygens (including phenoxy) is 1. The van der Waals surface area contributed by atoms with Gasteiger partial charge in [0.15, 0.2) is 0 Å². The minimum Gasteiger partial charge on any atom is -0.396 e. The molecule has 2 aromatic rings. The Morgan fingerprint density at radius 1 is 1.26 bits per heavy atom. The van der Waals surface area contributed by atoms with E-state index < -0.39 is 0 Å². The molecular formula is C16H16ClN3O2S. The number of rotatable bonds is 2. The molecule has 0 saturated carbocycles. The van der Waals surface area contributed by atoms with Crippen LogP contribution in [0.15, 0.2) is 24.3 Å². The van der Waals surface area contributed by atoms with Gasteiger partial charge >= 0.3 is 0 Å². The molecule has 2 aliphatic heterocycles. The average molecular weight is 350 g/mol. The molecule has 0 aliphatic carbocycles. The summed E-state index contributed by atoms with van der Waals surface area (Å²) in [5.74, 6) is -0.0591. The maximum absolute atomic E-state index is 12.3. The SMILES string of the molecule is Nc1c(N2CCOCC2)sc2c1C(c1ccc(Cl)cc1)NC2=O. The molecule has 1 saturated heterocycles. The van der Waals surface area contributed by atoms with Crippen LogP contribution in [0.3, 0.4) is 0 Å². The van der Waals surface area contributed by atoms with Crippen molar-refractivity contribution in [2.45, 2.75) is 6.04 Å². The molecule has 23 heavy (non-hydrogen) atoms. The smallest absolute Gasteiger partial charge is 0.262 e. The van der Waals surface area contributed by atoms with E-state index >= 15 is 0 Å². The van der Waals surface area contributed by atoms with Crippen LogP contribution in [0.2, 0.25) is 5.02 Å². The summed E-state index contributed by atoms with van der Waals surface area (Å²) >= 11 is 7.43. The Morgan fingerprint density at radius 3 is 2.65 bits per heavy atom. The summed E-state index contributed by atoms with van der Waals surface area (Å²) in [7, 11) is 0. The number of carbonyl (C=O) groups is 1. The molecule has 120 valence electrons. The number of halogens is 1. The van der Waals surface area contributed by atoms with Crippen molar-refractivity contribution >= 4 is 39.5 Å². The number of nitrogens with two attached hydrogens (primary N) is 1. The fraction of sp³-hybridized carbons (Fsp3) is 0.312. The highest BCUT2D eigenvalue weighted by Crippen LogP contribution is 2.46. The van der Waals surface area contributed by atoms with Crippen LogP contribution < -0.4 is 16.0 Å². The number of fused-ring (bicyclic) bond motifs is 1. The number of hydrogen-bond donors (Lipinski definition) is 2. The molecule has 1 fully saturated rings. The maximum Gasteiger partial charge on any atom is 0.262 e. The predicted octanol–water partition coefficient (Wildman–Crippen LogP) is 2.65. The average Bonchev–Trinajstić information content (AvgIpc) is 3.08. The molecule has 5 nitrogen and oxygen atoms in total. The Bertz CT molecular complexity index is 753. The van der Waals surface area contributed by atoms with Crippen molar-refractivity contribution in [3.8, 4) is 0 Å². The van der Waals surface area contributed by atoms with Gasteiger partial charge in [0.05, 0.1) is 24.9 Å². The highest BCUT2D eigenvalue weighted by molar-refractivity contribution is 7.19. The second-order valence-corrected chi connectivity index (χ2v) is 7.06. The van der Waals surface area contributed by atoms with Crippen molar-refractivity contribution in [2.75, 3.05) is 36.9 Å². The summed E-state index contributed by atoms with van der Waals surface area (Å²) in [6.45, 7) is 2.98. The zero-order chi connectivity index (χ0) is 16.0. The van der Waals surface area contributed by atoms with E-state index in [9.17, 15) is 4.79 Å². The second kappa shape index (κ2) is 5.70. The van der Waals surface area contributed by atoms with E-state index in [2.05, 4.69) is 10.2 Å². The van der Waals surface area contributed by atoms with Crippen LogP contribution in [0, 0.1) is 0 Å². The standard InChI is InChI=1S/C16H16ClN3O2S/c17-10-3-1-9(2-4-10)13-11-12(18)16(20-5-7-22-8-6-20)23-14(11)15(21)19-13/h1-4,13H,5-8,18H2,(H,19,21).